The molecular formula is C15H14ClNO2. The molecule has 19 heavy (non-hydrogen) atoms. The monoisotopic (exact) mass is 275 g/mol. The van der Waals surface area contributed by atoms with Crippen LogP contribution in [0.25, 0.3) is 17.0 Å². The normalized spacial score (nSPS) is 11.1. The van der Waals surface area contributed by atoms with Gasteiger partial charge in [0.1, 0.15) is 0 Å². The molecule has 0 saturated heterocycles. The highest BCUT2D eigenvalue weighted by Gasteiger charge is 2.03. The van der Waals surface area contributed by atoms with E-state index in [0.717, 1.165) is 22.2 Å². The number of pyridine rings is 1. The average Bonchev–Trinajstić information content (AvgIpc) is 2.35. The Morgan fingerprint density at radius 3 is 2.95 bits per heavy atom. The van der Waals surface area contributed by atoms with E-state index < -0.39 is 0 Å². The molecule has 0 unspecified atom stereocenters. The number of hydrogen-bond acceptors (Lipinski definition) is 3. The van der Waals surface area contributed by atoms with Crippen LogP contribution in [0.3, 0.4) is 0 Å². The van der Waals surface area contributed by atoms with Crippen LogP contribution < -0.4 is 0 Å². The zero-order valence-electron chi connectivity index (χ0n) is 10.8. The smallest absolute Gasteiger partial charge is 0.330 e. The lowest BCUT2D eigenvalue weighted by Gasteiger charge is -2.04. The number of aryl methyl sites for hydroxylation is 1. The van der Waals surface area contributed by atoms with Gasteiger partial charge < -0.3 is 4.74 Å². The number of carbonyl (C=O) groups is 1. The van der Waals surface area contributed by atoms with Crippen molar-refractivity contribution in [2.24, 2.45) is 0 Å². The summed E-state index contributed by atoms with van der Waals surface area (Å²) in [6.07, 6.45) is 3.16. The summed E-state index contributed by atoms with van der Waals surface area (Å²) in [7, 11) is 0. The van der Waals surface area contributed by atoms with Crippen molar-refractivity contribution in [3.05, 3.63) is 46.6 Å². The number of hydrogen-bond donors (Lipinski definition) is 0. The van der Waals surface area contributed by atoms with Gasteiger partial charge in [-0.1, -0.05) is 17.7 Å². The molecule has 2 rings (SSSR count). The zero-order valence-corrected chi connectivity index (χ0v) is 11.6. The van der Waals surface area contributed by atoms with Crippen molar-refractivity contribution in [1.29, 1.82) is 0 Å². The summed E-state index contributed by atoms with van der Waals surface area (Å²) in [4.78, 5) is 15.8. The number of nitrogens with zero attached hydrogens (tertiary/aromatic N) is 1. The summed E-state index contributed by atoms with van der Waals surface area (Å²) in [5.41, 5.74) is 2.61. The van der Waals surface area contributed by atoms with Crippen molar-refractivity contribution in [2.45, 2.75) is 13.8 Å². The molecule has 0 spiro atoms. The molecule has 1 aromatic carbocycles. The first-order chi connectivity index (χ1) is 9.10. The van der Waals surface area contributed by atoms with E-state index >= 15 is 0 Å². The molecule has 1 aromatic heterocycles. The number of benzene rings is 1. The van der Waals surface area contributed by atoms with Crippen LogP contribution in [-0.2, 0) is 9.53 Å². The van der Waals surface area contributed by atoms with Gasteiger partial charge in [-0.2, -0.15) is 0 Å². The van der Waals surface area contributed by atoms with Gasteiger partial charge in [0.15, 0.2) is 0 Å². The minimum absolute atomic E-state index is 0.348. The Labute approximate surface area is 116 Å². The number of fused-ring (bicyclic) bond motifs is 1. The summed E-state index contributed by atoms with van der Waals surface area (Å²) in [6.45, 7) is 4.05. The lowest BCUT2D eigenvalue weighted by molar-refractivity contribution is -0.137. The van der Waals surface area contributed by atoms with Gasteiger partial charge in [0.05, 0.1) is 12.1 Å². The third kappa shape index (κ3) is 3.32. The minimum Gasteiger partial charge on any atom is -0.463 e. The molecule has 1 heterocycles. The van der Waals surface area contributed by atoms with E-state index in [9.17, 15) is 4.79 Å². The van der Waals surface area contributed by atoms with E-state index in [-0.39, 0.29) is 5.97 Å². The van der Waals surface area contributed by atoms with Crippen molar-refractivity contribution >= 4 is 34.5 Å². The number of aromatic nitrogens is 1. The van der Waals surface area contributed by atoms with Gasteiger partial charge >= 0.3 is 5.97 Å². The quantitative estimate of drug-likeness (QED) is 0.632. The van der Waals surface area contributed by atoms with Crippen LogP contribution in [-0.4, -0.2) is 17.6 Å². The van der Waals surface area contributed by atoms with E-state index in [1.165, 1.54) is 6.08 Å². The fourth-order valence-electron chi connectivity index (χ4n) is 1.85. The Bertz CT molecular complexity index is 645. The van der Waals surface area contributed by atoms with Gasteiger partial charge in [-0.25, -0.2) is 4.79 Å². The molecule has 0 aliphatic heterocycles. The van der Waals surface area contributed by atoms with E-state index in [4.69, 9.17) is 16.3 Å². The second kappa shape index (κ2) is 5.85. The van der Waals surface area contributed by atoms with Crippen molar-refractivity contribution in [3.8, 4) is 0 Å². The molecule has 3 nitrogen and oxygen atoms in total. The second-order valence-electron chi connectivity index (χ2n) is 4.10. The van der Waals surface area contributed by atoms with Crippen LogP contribution >= 0.6 is 11.6 Å². The third-order valence-corrected chi connectivity index (χ3v) is 2.85. The Morgan fingerprint density at radius 1 is 1.42 bits per heavy atom. The Balaban J connectivity index is 2.45. The molecular weight excluding hydrogens is 262 g/mol. The Kier molecular flexibility index (Phi) is 4.17. The van der Waals surface area contributed by atoms with Crippen molar-refractivity contribution in [2.75, 3.05) is 6.61 Å². The summed E-state index contributed by atoms with van der Waals surface area (Å²) < 4.78 is 4.86. The van der Waals surface area contributed by atoms with E-state index in [1.807, 2.05) is 31.2 Å². The number of carbonyl (C=O) groups excluding carboxylic acids is 1. The predicted octanol–water partition coefficient (Wildman–Crippen LogP) is 3.77. The highest BCUT2D eigenvalue weighted by Crippen LogP contribution is 2.23. The van der Waals surface area contributed by atoms with Crippen LogP contribution in [0.5, 0.6) is 0 Å². The first-order valence-electron chi connectivity index (χ1n) is 6.02. The van der Waals surface area contributed by atoms with Gasteiger partial charge in [-0.15, -0.1) is 0 Å². The number of esters is 1. The highest BCUT2D eigenvalue weighted by atomic mass is 35.5. The maximum absolute atomic E-state index is 11.3. The largest absolute Gasteiger partial charge is 0.463 e. The van der Waals surface area contributed by atoms with Crippen LogP contribution in [0, 0.1) is 6.92 Å². The maximum Gasteiger partial charge on any atom is 0.330 e. The van der Waals surface area contributed by atoms with Crippen LogP contribution in [0.4, 0.5) is 0 Å². The second-order valence-corrected chi connectivity index (χ2v) is 4.54. The van der Waals surface area contributed by atoms with E-state index in [1.54, 1.807) is 13.0 Å². The summed E-state index contributed by atoms with van der Waals surface area (Å²) in [5.74, 6) is -0.348. The van der Waals surface area contributed by atoms with Crippen molar-refractivity contribution < 1.29 is 9.53 Å². The van der Waals surface area contributed by atoms with Gasteiger partial charge in [0.2, 0.25) is 0 Å². The molecule has 0 atom stereocenters. The number of halogens is 1. The minimum atomic E-state index is -0.348. The SMILES string of the molecule is CCOC(=O)/C=C/c1cc(C)nc2cc(Cl)ccc12. The first kappa shape index (κ1) is 13.6. The Morgan fingerprint density at radius 2 is 2.21 bits per heavy atom. The highest BCUT2D eigenvalue weighted by molar-refractivity contribution is 6.31. The maximum atomic E-state index is 11.3. The molecule has 0 radical (unpaired) electrons. The lowest BCUT2D eigenvalue weighted by Crippen LogP contribution is -1.98. The summed E-state index contributed by atoms with van der Waals surface area (Å²) in [5, 5.41) is 1.60. The molecule has 98 valence electrons. The predicted molar refractivity (Wildman–Crippen MR) is 77.2 cm³/mol. The van der Waals surface area contributed by atoms with Gasteiger partial charge in [0.25, 0.3) is 0 Å². The van der Waals surface area contributed by atoms with Crippen molar-refractivity contribution in [1.82, 2.24) is 4.98 Å². The van der Waals surface area contributed by atoms with Crippen LogP contribution in [0.15, 0.2) is 30.3 Å². The molecule has 0 aliphatic rings. The molecule has 4 heteroatoms. The molecule has 0 bridgehead atoms. The van der Waals surface area contributed by atoms with E-state index in [0.29, 0.717) is 11.6 Å². The van der Waals surface area contributed by atoms with Gasteiger partial charge in [-0.3, -0.25) is 4.98 Å². The lowest BCUT2D eigenvalue weighted by atomic mass is 10.1. The fourth-order valence-corrected chi connectivity index (χ4v) is 2.02. The molecule has 2 aromatic rings. The number of rotatable bonds is 3. The fraction of sp³-hybridized carbons (Fsp3) is 0.200. The summed E-state index contributed by atoms with van der Waals surface area (Å²) >= 11 is 5.96. The zero-order chi connectivity index (χ0) is 13.8. The summed E-state index contributed by atoms with van der Waals surface area (Å²) in [6, 6.07) is 7.44. The first-order valence-corrected chi connectivity index (χ1v) is 6.39. The molecule has 0 saturated carbocycles. The average molecular weight is 276 g/mol. The van der Waals surface area contributed by atoms with Gasteiger partial charge in [-0.05, 0) is 43.7 Å². The molecule has 0 aliphatic carbocycles. The molecule has 0 fully saturated rings. The van der Waals surface area contributed by atoms with Crippen LogP contribution in [0.1, 0.15) is 18.2 Å². The van der Waals surface area contributed by atoms with Gasteiger partial charge in [0, 0.05) is 22.2 Å². The molecule has 0 N–H and O–H groups in total. The van der Waals surface area contributed by atoms with Crippen LogP contribution in [0.2, 0.25) is 5.02 Å². The van der Waals surface area contributed by atoms with E-state index in [2.05, 4.69) is 4.98 Å². The Hall–Kier alpha value is -1.87. The number of ether oxygens (including phenoxy) is 1. The standard InChI is InChI=1S/C15H14ClNO2/c1-3-19-15(18)7-4-11-8-10(2)17-14-9-12(16)5-6-13(11)14/h4-9H,3H2,1-2H3/b7-4+. The topological polar surface area (TPSA) is 39.2 Å². The third-order valence-electron chi connectivity index (χ3n) is 2.62. The van der Waals surface area contributed by atoms with Crippen molar-refractivity contribution in [3.63, 3.8) is 0 Å². The molecule has 0 amide bonds.